The van der Waals surface area contributed by atoms with Crippen LogP contribution < -0.4 is 4.74 Å². The van der Waals surface area contributed by atoms with Gasteiger partial charge in [-0.05, 0) is 24.1 Å². The molecule has 0 radical (unpaired) electrons. The van der Waals surface area contributed by atoms with Crippen LogP contribution in [0, 0.1) is 0 Å². The van der Waals surface area contributed by atoms with Gasteiger partial charge in [-0.3, -0.25) is 4.79 Å². The van der Waals surface area contributed by atoms with Crippen LogP contribution in [0.4, 0.5) is 13.2 Å². The van der Waals surface area contributed by atoms with E-state index < -0.39 is 17.9 Å². The molecule has 2 aromatic rings. The zero-order valence-electron chi connectivity index (χ0n) is 11.3. The van der Waals surface area contributed by atoms with Gasteiger partial charge in [-0.15, -0.1) is 13.2 Å². The molecule has 0 saturated heterocycles. The van der Waals surface area contributed by atoms with Crippen LogP contribution >= 0.6 is 0 Å². The molecule has 2 rings (SSSR count). The lowest BCUT2D eigenvalue weighted by Crippen LogP contribution is -2.19. The lowest BCUT2D eigenvalue weighted by Gasteiger charge is -2.13. The Morgan fingerprint density at radius 3 is 2.19 bits per heavy atom. The minimum Gasteiger partial charge on any atom is -0.405 e. The van der Waals surface area contributed by atoms with Crippen molar-refractivity contribution in [3.05, 3.63) is 65.2 Å². The Morgan fingerprint density at radius 2 is 1.57 bits per heavy atom. The summed E-state index contributed by atoms with van der Waals surface area (Å²) in [7, 11) is 0. The van der Waals surface area contributed by atoms with Gasteiger partial charge >= 0.3 is 6.36 Å². The summed E-state index contributed by atoms with van der Waals surface area (Å²) in [6.45, 7) is 1.88. The molecule has 21 heavy (non-hydrogen) atoms. The van der Waals surface area contributed by atoms with Crippen LogP contribution in [0.1, 0.15) is 28.4 Å². The number of aryl methyl sites for hydroxylation is 1. The first-order valence-corrected chi connectivity index (χ1v) is 6.39. The summed E-state index contributed by atoms with van der Waals surface area (Å²) in [6.07, 6.45) is -4.22. The van der Waals surface area contributed by atoms with E-state index in [-0.39, 0.29) is 5.56 Å². The Kier molecular flexibility index (Phi) is 4.31. The summed E-state index contributed by atoms with van der Waals surface area (Å²) in [6, 6.07) is 12.2. The molecule has 0 aromatic heterocycles. The molecular formula is C16H13F3O2. The number of carbonyl (C=O) groups excluding carboxylic acids is 1. The molecule has 0 bridgehead atoms. The molecule has 2 nitrogen and oxygen atoms in total. The second kappa shape index (κ2) is 5.99. The number of carbonyl (C=O) groups is 1. The monoisotopic (exact) mass is 294 g/mol. The highest BCUT2D eigenvalue weighted by Gasteiger charge is 2.33. The van der Waals surface area contributed by atoms with Gasteiger partial charge in [-0.1, -0.05) is 43.3 Å². The van der Waals surface area contributed by atoms with Gasteiger partial charge in [-0.2, -0.15) is 0 Å². The van der Waals surface area contributed by atoms with Gasteiger partial charge in [0.15, 0.2) is 5.78 Å². The van der Waals surface area contributed by atoms with E-state index >= 15 is 0 Å². The second-order valence-corrected chi connectivity index (χ2v) is 4.38. The standard InChI is InChI=1S/C16H13F3O2/c1-2-11-7-3-4-8-12(11)15(20)13-9-5-6-10-14(13)21-16(17,18)19/h3-10H,2H2,1H3. The van der Waals surface area contributed by atoms with E-state index in [1.54, 1.807) is 24.3 Å². The number of rotatable bonds is 4. The second-order valence-electron chi connectivity index (χ2n) is 4.38. The molecule has 2 aromatic carbocycles. The molecule has 0 fully saturated rings. The van der Waals surface area contributed by atoms with Crippen molar-refractivity contribution >= 4 is 5.78 Å². The molecule has 0 aliphatic carbocycles. The number of para-hydroxylation sites is 1. The number of halogens is 3. The molecule has 0 aliphatic heterocycles. The zero-order chi connectivity index (χ0) is 15.5. The van der Waals surface area contributed by atoms with E-state index in [2.05, 4.69) is 4.74 Å². The highest BCUT2D eigenvalue weighted by atomic mass is 19.4. The van der Waals surface area contributed by atoms with Crippen LogP contribution in [0.15, 0.2) is 48.5 Å². The average molecular weight is 294 g/mol. The SMILES string of the molecule is CCc1ccccc1C(=O)c1ccccc1OC(F)(F)F. The van der Waals surface area contributed by atoms with Crippen molar-refractivity contribution in [2.75, 3.05) is 0 Å². The van der Waals surface area contributed by atoms with Crippen LogP contribution in [0.2, 0.25) is 0 Å². The first kappa shape index (κ1) is 15.1. The van der Waals surface area contributed by atoms with Gasteiger partial charge in [0.1, 0.15) is 5.75 Å². The average Bonchev–Trinajstić information content (AvgIpc) is 2.45. The number of ether oxygens (including phenoxy) is 1. The van der Waals surface area contributed by atoms with Gasteiger partial charge < -0.3 is 4.74 Å². The summed E-state index contributed by atoms with van der Waals surface area (Å²) in [5, 5.41) is 0. The van der Waals surface area contributed by atoms with Crippen LogP contribution in [-0.4, -0.2) is 12.1 Å². The normalized spacial score (nSPS) is 11.2. The number of hydrogen-bond acceptors (Lipinski definition) is 2. The smallest absolute Gasteiger partial charge is 0.405 e. The van der Waals surface area contributed by atoms with Crippen LogP contribution in [0.5, 0.6) is 5.75 Å². The maximum atomic E-state index is 12.5. The van der Waals surface area contributed by atoms with Crippen LogP contribution in [0.25, 0.3) is 0 Å². The molecule has 0 atom stereocenters. The van der Waals surface area contributed by atoms with Gasteiger partial charge in [0, 0.05) is 5.56 Å². The molecule has 0 unspecified atom stereocenters. The number of hydrogen-bond donors (Lipinski definition) is 0. The van der Waals surface area contributed by atoms with Crippen molar-refractivity contribution in [1.29, 1.82) is 0 Å². The van der Waals surface area contributed by atoms with Crippen LogP contribution in [-0.2, 0) is 6.42 Å². The van der Waals surface area contributed by atoms with E-state index in [1.807, 2.05) is 6.92 Å². The molecular weight excluding hydrogens is 281 g/mol. The van der Waals surface area contributed by atoms with E-state index in [0.29, 0.717) is 12.0 Å². The Balaban J connectivity index is 2.44. The van der Waals surface area contributed by atoms with Crippen molar-refractivity contribution in [1.82, 2.24) is 0 Å². The maximum Gasteiger partial charge on any atom is 0.573 e. The minimum atomic E-state index is -4.83. The van der Waals surface area contributed by atoms with Crippen molar-refractivity contribution in [2.24, 2.45) is 0 Å². The lowest BCUT2D eigenvalue weighted by molar-refractivity contribution is -0.274. The summed E-state index contributed by atoms with van der Waals surface area (Å²) in [5.41, 5.74) is 1.07. The summed E-state index contributed by atoms with van der Waals surface area (Å²) >= 11 is 0. The van der Waals surface area contributed by atoms with Gasteiger partial charge in [0.25, 0.3) is 0 Å². The molecule has 0 saturated carbocycles. The van der Waals surface area contributed by atoms with Crippen molar-refractivity contribution < 1.29 is 22.7 Å². The van der Waals surface area contributed by atoms with Crippen LogP contribution in [0.3, 0.4) is 0 Å². The molecule has 110 valence electrons. The Hall–Kier alpha value is -2.30. The van der Waals surface area contributed by atoms with E-state index in [1.165, 1.54) is 18.2 Å². The first-order valence-electron chi connectivity index (χ1n) is 6.39. The fraction of sp³-hybridized carbons (Fsp3) is 0.188. The number of ketones is 1. The summed E-state index contributed by atoms with van der Waals surface area (Å²) < 4.78 is 41.1. The highest BCUT2D eigenvalue weighted by Crippen LogP contribution is 2.28. The Morgan fingerprint density at radius 1 is 1.00 bits per heavy atom. The number of alkyl halides is 3. The predicted molar refractivity (Wildman–Crippen MR) is 72.4 cm³/mol. The predicted octanol–water partition coefficient (Wildman–Crippen LogP) is 4.38. The van der Waals surface area contributed by atoms with E-state index in [9.17, 15) is 18.0 Å². The highest BCUT2D eigenvalue weighted by molar-refractivity contribution is 6.11. The third-order valence-electron chi connectivity index (χ3n) is 3.00. The molecule has 0 heterocycles. The number of benzene rings is 2. The van der Waals surface area contributed by atoms with Crippen molar-refractivity contribution in [2.45, 2.75) is 19.7 Å². The lowest BCUT2D eigenvalue weighted by atomic mass is 9.96. The Labute approximate surface area is 120 Å². The van der Waals surface area contributed by atoms with Gasteiger partial charge in [0.2, 0.25) is 0 Å². The maximum absolute atomic E-state index is 12.5. The largest absolute Gasteiger partial charge is 0.573 e. The molecule has 0 spiro atoms. The molecule has 5 heteroatoms. The zero-order valence-corrected chi connectivity index (χ0v) is 11.3. The fourth-order valence-corrected chi connectivity index (χ4v) is 2.06. The quantitative estimate of drug-likeness (QED) is 0.782. The van der Waals surface area contributed by atoms with Crippen molar-refractivity contribution in [3.63, 3.8) is 0 Å². The summed E-state index contributed by atoms with van der Waals surface area (Å²) in [4.78, 5) is 12.5. The fourth-order valence-electron chi connectivity index (χ4n) is 2.06. The van der Waals surface area contributed by atoms with E-state index in [0.717, 1.165) is 11.6 Å². The van der Waals surface area contributed by atoms with Gasteiger partial charge in [0.05, 0.1) is 5.56 Å². The Bertz CT molecular complexity index is 648. The van der Waals surface area contributed by atoms with E-state index in [4.69, 9.17) is 0 Å². The molecule has 0 amide bonds. The molecule has 0 N–H and O–H groups in total. The summed E-state index contributed by atoms with van der Waals surface area (Å²) in [5.74, 6) is -0.965. The first-order chi connectivity index (χ1) is 9.92. The third kappa shape index (κ3) is 3.62. The van der Waals surface area contributed by atoms with Gasteiger partial charge in [-0.25, -0.2) is 0 Å². The third-order valence-corrected chi connectivity index (χ3v) is 3.00. The van der Waals surface area contributed by atoms with Crippen molar-refractivity contribution in [3.8, 4) is 5.75 Å². The minimum absolute atomic E-state index is 0.101. The topological polar surface area (TPSA) is 26.3 Å². The molecule has 0 aliphatic rings.